The molecule has 0 N–H and O–H groups in total. The van der Waals surface area contributed by atoms with Crippen molar-refractivity contribution in [2.75, 3.05) is 0 Å². The van der Waals surface area contributed by atoms with E-state index in [1.54, 1.807) is 18.0 Å². The van der Waals surface area contributed by atoms with E-state index in [4.69, 9.17) is 0 Å². The maximum absolute atomic E-state index is 4.55. The van der Waals surface area contributed by atoms with Crippen molar-refractivity contribution >= 4 is 17.5 Å². The molecule has 0 radical (unpaired) electrons. The number of hydrogen-bond donors (Lipinski definition) is 0. The van der Waals surface area contributed by atoms with Gasteiger partial charge < -0.3 is 4.57 Å². The molecule has 2 saturated carbocycles. The molecule has 2 fully saturated rings. The van der Waals surface area contributed by atoms with Crippen molar-refractivity contribution in [3.63, 3.8) is 0 Å². The molecule has 3 aromatic heterocycles. The minimum atomic E-state index is 0.635. The third-order valence-corrected chi connectivity index (χ3v) is 5.16. The summed E-state index contributed by atoms with van der Waals surface area (Å²) in [6, 6.07) is 2.55. The Hall–Kier alpha value is -1.89. The molecule has 0 spiro atoms. The van der Waals surface area contributed by atoms with E-state index in [2.05, 4.69) is 24.7 Å². The molecular formula is C15H16N6S. The summed E-state index contributed by atoms with van der Waals surface area (Å²) in [4.78, 5) is 8.80. The molecule has 6 nitrogen and oxygen atoms in total. The Kier molecular flexibility index (Phi) is 2.76. The summed E-state index contributed by atoms with van der Waals surface area (Å²) in [7, 11) is 0. The van der Waals surface area contributed by atoms with Gasteiger partial charge in [0, 0.05) is 36.3 Å². The molecule has 3 aromatic rings. The lowest BCUT2D eigenvalue weighted by molar-refractivity contribution is 0.627. The third-order valence-electron chi connectivity index (χ3n) is 4.18. The maximum atomic E-state index is 4.55. The zero-order valence-corrected chi connectivity index (χ0v) is 12.9. The van der Waals surface area contributed by atoms with Crippen LogP contribution < -0.4 is 0 Å². The first-order valence-corrected chi connectivity index (χ1v) is 8.73. The van der Waals surface area contributed by atoms with Gasteiger partial charge in [0.2, 0.25) is 5.78 Å². The number of rotatable bonds is 5. The molecule has 2 aliphatic carbocycles. The van der Waals surface area contributed by atoms with Crippen LogP contribution in [0.3, 0.4) is 0 Å². The van der Waals surface area contributed by atoms with Crippen molar-refractivity contribution in [2.45, 2.75) is 48.6 Å². The summed E-state index contributed by atoms with van der Waals surface area (Å²) in [5.74, 6) is 3.42. The van der Waals surface area contributed by atoms with Gasteiger partial charge in [-0.15, -0.1) is 10.2 Å². The van der Waals surface area contributed by atoms with Gasteiger partial charge >= 0.3 is 0 Å². The minimum Gasteiger partial charge on any atom is -0.303 e. The Morgan fingerprint density at radius 3 is 2.86 bits per heavy atom. The number of aromatic nitrogens is 6. The number of imidazole rings is 1. The molecule has 0 atom stereocenters. The first kappa shape index (κ1) is 12.6. The van der Waals surface area contributed by atoms with Crippen molar-refractivity contribution < 1.29 is 0 Å². The van der Waals surface area contributed by atoms with E-state index in [9.17, 15) is 0 Å². The molecule has 5 rings (SSSR count). The summed E-state index contributed by atoms with van der Waals surface area (Å²) in [5, 5.41) is 9.93. The van der Waals surface area contributed by atoms with Crippen LogP contribution in [0.4, 0.5) is 0 Å². The van der Waals surface area contributed by atoms with Gasteiger partial charge in [0.1, 0.15) is 5.82 Å². The molecule has 0 saturated heterocycles. The molecule has 3 heterocycles. The van der Waals surface area contributed by atoms with Crippen LogP contribution in [-0.2, 0) is 5.75 Å². The monoisotopic (exact) mass is 312 g/mol. The topological polar surface area (TPSA) is 60.9 Å². The fourth-order valence-corrected chi connectivity index (χ4v) is 3.67. The maximum Gasteiger partial charge on any atom is 0.233 e. The van der Waals surface area contributed by atoms with E-state index < -0.39 is 0 Å². The second-order valence-electron chi connectivity index (χ2n) is 6.06. The smallest absolute Gasteiger partial charge is 0.233 e. The lowest BCUT2D eigenvalue weighted by Gasteiger charge is -2.07. The summed E-state index contributed by atoms with van der Waals surface area (Å²) >= 11 is 1.74. The van der Waals surface area contributed by atoms with Crippen LogP contribution in [0.1, 0.15) is 49.2 Å². The van der Waals surface area contributed by atoms with Crippen molar-refractivity contribution in [3.8, 4) is 0 Å². The summed E-state index contributed by atoms with van der Waals surface area (Å²) in [5.41, 5.74) is 1.03. The highest BCUT2D eigenvalue weighted by Gasteiger charge is 2.36. The second-order valence-corrected chi connectivity index (χ2v) is 7.01. The van der Waals surface area contributed by atoms with Crippen LogP contribution in [0.25, 0.3) is 5.78 Å². The van der Waals surface area contributed by atoms with Gasteiger partial charge in [-0.05, 0) is 31.7 Å². The Morgan fingerprint density at radius 2 is 2.09 bits per heavy atom. The Morgan fingerprint density at radius 1 is 1.18 bits per heavy atom. The Balaban J connectivity index is 1.39. The number of thioether (sulfide) groups is 1. The van der Waals surface area contributed by atoms with Gasteiger partial charge in [-0.2, -0.15) is 0 Å². The second kappa shape index (κ2) is 4.81. The zero-order valence-electron chi connectivity index (χ0n) is 12.1. The first-order valence-electron chi connectivity index (χ1n) is 7.75. The van der Waals surface area contributed by atoms with Crippen molar-refractivity contribution in [1.29, 1.82) is 0 Å². The van der Waals surface area contributed by atoms with Gasteiger partial charge in [-0.3, -0.25) is 4.40 Å². The molecule has 0 unspecified atom stereocenters. The average molecular weight is 312 g/mol. The fraction of sp³-hybridized carbons (Fsp3) is 0.467. The molecule has 0 aliphatic heterocycles. The minimum absolute atomic E-state index is 0.635. The predicted molar refractivity (Wildman–Crippen MR) is 82.8 cm³/mol. The van der Waals surface area contributed by atoms with E-state index in [0.29, 0.717) is 12.0 Å². The van der Waals surface area contributed by atoms with E-state index >= 15 is 0 Å². The fourth-order valence-electron chi connectivity index (χ4n) is 2.77. The number of fused-ring (bicyclic) bond motifs is 1. The van der Waals surface area contributed by atoms with Gasteiger partial charge in [-0.25, -0.2) is 9.97 Å². The van der Waals surface area contributed by atoms with Crippen LogP contribution in [0.2, 0.25) is 0 Å². The Bertz CT molecular complexity index is 797. The van der Waals surface area contributed by atoms with Gasteiger partial charge in [0.25, 0.3) is 0 Å². The quantitative estimate of drug-likeness (QED) is 0.678. The Labute approximate surface area is 132 Å². The highest BCUT2D eigenvalue weighted by Crippen LogP contribution is 2.46. The van der Waals surface area contributed by atoms with E-state index in [0.717, 1.165) is 22.4 Å². The molecule has 22 heavy (non-hydrogen) atoms. The van der Waals surface area contributed by atoms with Gasteiger partial charge in [0.05, 0.1) is 5.69 Å². The van der Waals surface area contributed by atoms with E-state index in [-0.39, 0.29) is 0 Å². The summed E-state index contributed by atoms with van der Waals surface area (Å²) in [6.45, 7) is 0. The van der Waals surface area contributed by atoms with E-state index in [1.165, 1.54) is 31.5 Å². The molecular weight excluding hydrogens is 296 g/mol. The largest absolute Gasteiger partial charge is 0.303 e. The lowest BCUT2D eigenvalue weighted by atomic mass is 10.4. The predicted octanol–water partition coefficient (Wildman–Crippen LogP) is 2.83. The number of nitrogens with zero attached hydrogens (tertiary/aromatic N) is 6. The van der Waals surface area contributed by atoms with Crippen LogP contribution in [0, 0.1) is 0 Å². The summed E-state index contributed by atoms with van der Waals surface area (Å²) in [6.07, 6.45) is 10.9. The van der Waals surface area contributed by atoms with Crippen molar-refractivity contribution in [1.82, 2.24) is 29.1 Å². The normalized spacial score (nSPS) is 18.2. The zero-order chi connectivity index (χ0) is 14.5. The molecule has 0 amide bonds. The summed E-state index contributed by atoms with van der Waals surface area (Å²) < 4.78 is 4.34. The first-order chi connectivity index (χ1) is 10.9. The molecule has 2 aliphatic rings. The van der Waals surface area contributed by atoms with E-state index in [1.807, 2.05) is 22.9 Å². The highest BCUT2D eigenvalue weighted by molar-refractivity contribution is 7.98. The van der Waals surface area contributed by atoms with Crippen molar-refractivity contribution in [3.05, 3.63) is 36.2 Å². The van der Waals surface area contributed by atoms with Crippen LogP contribution in [0.15, 0.2) is 29.8 Å². The van der Waals surface area contributed by atoms with Crippen molar-refractivity contribution in [2.24, 2.45) is 0 Å². The van der Waals surface area contributed by atoms with Crippen LogP contribution in [0.5, 0.6) is 0 Å². The number of hydrogen-bond acceptors (Lipinski definition) is 5. The van der Waals surface area contributed by atoms with Crippen LogP contribution >= 0.6 is 11.8 Å². The SMILES string of the molecule is c1cnc2nc(CSc3nnc(C4CC4)n3C3CC3)cn2c1. The molecule has 112 valence electrons. The molecule has 0 aromatic carbocycles. The van der Waals surface area contributed by atoms with Crippen LogP contribution in [-0.4, -0.2) is 29.1 Å². The van der Waals surface area contributed by atoms with Gasteiger partial charge in [0.15, 0.2) is 5.16 Å². The average Bonchev–Trinajstić information content (AvgIpc) is 3.46. The third kappa shape index (κ3) is 2.20. The molecule has 7 heteroatoms. The lowest BCUT2D eigenvalue weighted by Crippen LogP contribution is -2.01. The van der Waals surface area contributed by atoms with Gasteiger partial charge in [-0.1, -0.05) is 11.8 Å². The molecule has 0 bridgehead atoms. The standard InChI is InChI=1S/C15H16N6S/c1-6-16-14-17-11(8-20(14)7-1)9-22-15-19-18-13(10-2-3-10)21(15)12-4-5-12/h1,6-8,10,12H,2-5,9H2. The highest BCUT2D eigenvalue weighted by atomic mass is 32.2.